The van der Waals surface area contributed by atoms with Crippen molar-refractivity contribution in [2.75, 3.05) is 12.4 Å². The molecule has 1 aromatic carbocycles. The molecule has 0 aliphatic rings. The van der Waals surface area contributed by atoms with Crippen molar-refractivity contribution in [1.82, 2.24) is 4.98 Å². The van der Waals surface area contributed by atoms with Crippen molar-refractivity contribution >= 4 is 32.4 Å². The maximum Gasteiger partial charge on any atom is 0.182 e. The number of anilines is 1. The summed E-state index contributed by atoms with van der Waals surface area (Å²) in [5.74, 6) is -0.257. The molecule has 2 nitrogen and oxygen atoms in total. The predicted octanol–water partition coefficient (Wildman–Crippen LogP) is 3.75. The Morgan fingerprint density at radius 1 is 1.47 bits per heavy atom. The van der Waals surface area contributed by atoms with E-state index in [1.807, 2.05) is 12.4 Å². The van der Waals surface area contributed by atoms with Gasteiger partial charge in [-0.3, -0.25) is 0 Å². The maximum atomic E-state index is 13.1. The number of rotatable bonds is 2. The van der Waals surface area contributed by atoms with Crippen molar-refractivity contribution in [1.29, 1.82) is 0 Å². The van der Waals surface area contributed by atoms with Gasteiger partial charge in [0.2, 0.25) is 0 Å². The van der Waals surface area contributed by atoms with Gasteiger partial charge in [0.15, 0.2) is 5.13 Å². The van der Waals surface area contributed by atoms with Gasteiger partial charge in [0.25, 0.3) is 0 Å². The van der Waals surface area contributed by atoms with Crippen LogP contribution in [-0.2, 0) is 0 Å². The van der Waals surface area contributed by atoms with Crippen molar-refractivity contribution in [3.8, 4) is 11.3 Å². The monoisotopic (exact) mass is 286 g/mol. The predicted molar refractivity (Wildman–Crippen MR) is 64.8 cm³/mol. The highest BCUT2D eigenvalue weighted by Crippen LogP contribution is 2.31. The molecule has 0 spiro atoms. The Morgan fingerprint density at radius 2 is 2.27 bits per heavy atom. The third-order valence-electron chi connectivity index (χ3n) is 1.92. The Balaban J connectivity index is 2.48. The van der Waals surface area contributed by atoms with E-state index in [1.165, 1.54) is 23.5 Å². The van der Waals surface area contributed by atoms with Gasteiger partial charge in [0, 0.05) is 22.5 Å². The van der Waals surface area contributed by atoms with Gasteiger partial charge >= 0.3 is 0 Å². The molecule has 0 atom stereocenters. The molecule has 0 aliphatic carbocycles. The lowest BCUT2D eigenvalue weighted by Crippen LogP contribution is -1.87. The van der Waals surface area contributed by atoms with E-state index >= 15 is 0 Å². The van der Waals surface area contributed by atoms with E-state index in [1.54, 1.807) is 6.07 Å². The van der Waals surface area contributed by atoms with Crippen LogP contribution in [0.2, 0.25) is 0 Å². The molecule has 1 aromatic heterocycles. The Hall–Kier alpha value is -0.940. The second-order valence-corrected chi connectivity index (χ2v) is 4.62. The zero-order valence-electron chi connectivity index (χ0n) is 7.92. The summed E-state index contributed by atoms with van der Waals surface area (Å²) in [5.41, 5.74) is 1.54. The molecule has 0 unspecified atom stereocenters. The molecule has 0 aliphatic heterocycles. The second-order valence-electron chi connectivity index (χ2n) is 2.91. The zero-order chi connectivity index (χ0) is 10.8. The number of hydrogen-bond donors (Lipinski definition) is 1. The van der Waals surface area contributed by atoms with Crippen molar-refractivity contribution in [3.05, 3.63) is 33.9 Å². The first kappa shape index (κ1) is 10.6. The van der Waals surface area contributed by atoms with Crippen LogP contribution in [0, 0.1) is 5.82 Å². The van der Waals surface area contributed by atoms with Gasteiger partial charge in [-0.05, 0) is 18.2 Å². The molecule has 0 radical (unpaired) electrons. The highest BCUT2D eigenvalue weighted by molar-refractivity contribution is 9.10. The number of benzene rings is 1. The minimum absolute atomic E-state index is 0.257. The molecule has 0 saturated carbocycles. The van der Waals surface area contributed by atoms with Crippen LogP contribution >= 0.6 is 27.3 Å². The minimum atomic E-state index is -0.257. The van der Waals surface area contributed by atoms with Crippen LogP contribution in [0.4, 0.5) is 9.52 Å². The quantitative estimate of drug-likeness (QED) is 0.909. The summed E-state index contributed by atoms with van der Waals surface area (Å²) in [6, 6.07) is 4.57. The Kier molecular flexibility index (Phi) is 3.02. The summed E-state index contributed by atoms with van der Waals surface area (Å²) in [5, 5.41) is 5.66. The number of thiazole rings is 1. The minimum Gasteiger partial charge on any atom is -0.365 e. The SMILES string of the molecule is CNc1nc(-c2cc(F)ccc2Br)cs1. The summed E-state index contributed by atoms with van der Waals surface area (Å²) in [7, 11) is 1.81. The number of aromatic nitrogens is 1. The van der Waals surface area contributed by atoms with Gasteiger partial charge in [-0.2, -0.15) is 0 Å². The van der Waals surface area contributed by atoms with Gasteiger partial charge in [0.05, 0.1) is 5.69 Å². The van der Waals surface area contributed by atoms with Crippen molar-refractivity contribution in [3.63, 3.8) is 0 Å². The number of nitrogens with zero attached hydrogens (tertiary/aromatic N) is 1. The third-order valence-corrected chi connectivity index (χ3v) is 3.47. The first-order valence-electron chi connectivity index (χ1n) is 4.29. The van der Waals surface area contributed by atoms with Gasteiger partial charge in [0.1, 0.15) is 5.82 Å². The summed E-state index contributed by atoms with van der Waals surface area (Å²) in [6.45, 7) is 0. The fourth-order valence-electron chi connectivity index (χ4n) is 1.21. The van der Waals surface area contributed by atoms with Crippen LogP contribution in [0.1, 0.15) is 0 Å². The normalized spacial score (nSPS) is 10.3. The van der Waals surface area contributed by atoms with Crippen LogP contribution in [-0.4, -0.2) is 12.0 Å². The Morgan fingerprint density at radius 3 is 2.93 bits per heavy atom. The molecular weight excluding hydrogens is 279 g/mol. The van der Waals surface area contributed by atoms with Gasteiger partial charge < -0.3 is 5.32 Å². The lowest BCUT2D eigenvalue weighted by atomic mass is 10.2. The molecule has 2 rings (SSSR count). The standard InChI is InChI=1S/C10H8BrFN2S/c1-13-10-14-9(5-15-10)7-4-6(12)2-3-8(7)11/h2-5H,1H3,(H,13,14). The van der Waals surface area contributed by atoms with Gasteiger partial charge in [-0.1, -0.05) is 15.9 Å². The molecule has 78 valence electrons. The first-order valence-corrected chi connectivity index (χ1v) is 5.96. The first-order chi connectivity index (χ1) is 7.20. The average molecular weight is 287 g/mol. The molecule has 0 amide bonds. The molecule has 5 heteroatoms. The van der Waals surface area contributed by atoms with Crippen molar-refractivity contribution < 1.29 is 4.39 Å². The maximum absolute atomic E-state index is 13.1. The fraction of sp³-hybridized carbons (Fsp3) is 0.100. The second kappa shape index (κ2) is 4.28. The molecule has 0 saturated heterocycles. The lowest BCUT2D eigenvalue weighted by molar-refractivity contribution is 0.628. The van der Waals surface area contributed by atoms with Crippen LogP contribution in [0.5, 0.6) is 0 Å². The Labute approximate surface area is 99.3 Å². The van der Waals surface area contributed by atoms with Crippen LogP contribution in [0.25, 0.3) is 11.3 Å². The third kappa shape index (κ3) is 2.18. The summed E-state index contributed by atoms with van der Waals surface area (Å²) in [4.78, 5) is 4.31. The number of hydrogen-bond acceptors (Lipinski definition) is 3. The van der Waals surface area contributed by atoms with Crippen LogP contribution < -0.4 is 5.32 Å². The molecular formula is C10H8BrFN2S. The molecule has 2 aromatic rings. The lowest BCUT2D eigenvalue weighted by Gasteiger charge is -2.00. The fourth-order valence-corrected chi connectivity index (χ4v) is 2.33. The van der Waals surface area contributed by atoms with E-state index < -0.39 is 0 Å². The largest absolute Gasteiger partial charge is 0.365 e. The number of halogens is 2. The topological polar surface area (TPSA) is 24.9 Å². The van der Waals surface area contributed by atoms with Gasteiger partial charge in [-0.15, -0.1) is 11.3 Å². The van der Waals surface area contributed by atoms with E-state index in [9.17, 15) is 4.39 Å². The van der Waals surface area contributed by atoms with Crippen LogP contribution in [0.3, 0.4) is 0 Å². The van der Waals surface area contributed by atoms with E-state index in [0.29, 0.717) is 0 Å². The highest BCUT2D eigenvalue weighted by Gasteiger charge is 2.08. The average Bonchev–Trinajstić information content (AvgIpc) is 2.70. The highest BCUT2D eigenvalue weighted by atomic mass is 79.9. The summed E-state index contributed by atoms with van der Waals surface area (Å²) < 4.78 is 13.9. The molecule has 15 heavy (non-hydrogen) atoms. The molecule has 1 N–H and O–H groups in total. The summed E-state index contributed by atoms with van der Waals surface area (Å²) >= 11 is 4.87. The van der Waals surface area contributed by atoms with Crippen molar-refractivity contribution in [2.45, 2.75) is 0 Å². The van der Waals surface area contributed by atoms with Crippen LogP contribution in [0.15, 0.2) is 28.1 Å². The summed E-state index contributed by atoms with van der Waals surface area (Å²) in [6.07, 6.45) is 0. The van der Waals surface area contributed by atoms with E-state index in [4.69, 9.17) is 0 Å². The van der Waals surface area contributed by atoms with Crippen molar-refractivity contribution in [2.24, 2.45) is 0 Å². The van der Waals surface area contributed by atoms with Gasteiger partial charge in [-0.25, -0.2) is 9.37 Å². The van der Waals surface area contributed by atoms with E-state index in [-0.39, 0.29) is 5.82 Å². The van der Waals surface area contributed by atoms with E-state index in [0.717, 1.165) is 20.9 Å². The smallest absolute Gasteiger partial charge is 0.182 e. The molecule has 0 bridgehead atoms. The number of nitrogens with one attached hydrogen (secondary N) is 1. The Bertz CT molecular complexity index is 484. The molecule has 1 heterocycles. The zero-order valence-corrected chi connectivity index (χ0v) is 10.3. The molecule has 0 fully saturated rings. The van der Waals surface area contributed by atoms with E-state index in [2.05, 4.69) is 26.2 Å².